The fourth-order valence-corrected chi connectivity index (χ4v) is 2.98. The number of hydrogen-bond donors (Lipinski definition) is 3. The third kappa shape index (κ3) is 4.85. The van der Waals surface area contributed by atoms with Crippen LogP contribution in [0.4, 0.5) is 22.0 Å². The van der Waals surface area contributed by atoms with E-state index in [4.69, 9.17) is 0 Å². The summed E-state index contributed by atoms with van der Waals surface area (Å²) in [6, 6.07) is 17.1. The van der Waals surface area contributed by atoms with E-state index in [1.54, 1.807) is 6.20 Å². The molecular formula is C22H23N5O. The zero-order valence-corrected chi connectivity index (χ0v) is 15.8. The van der Waals surface area contributed by atoms with Gasteiger partial charge < -0.3 is 16.0 Å². The molecule has 0 aliphatic heterocycles. The lowest BCUT2D eigenvalue weighted by molar-refractivity contribution is 0.262. The third-order valence-electron chi connectivity index (χ3n) is 4.55. The molecule has 6 heteroatoms. The van der Waals surface area contributed by atoms with Crippen molar-refractivity contribution >= 4 is 23.2 Å². The summed E-state index contributed by atoms with van der Waals surface area (Å²) in [6.45, 7) is 2.61. The Balaban J connectivity index is 1.34. The molecule has 1 saturated carbocycles. The topological polar surface area (TPSA) is 78.9 Å². The van der Waals surface area contributed by atoms with Crippen LogP contribution >= 0.6 is 0 Å². The van der Waals surface area contributed by atoms with Crippen molar-refractivity contribution in [3.05, 3.63) is 77.7 Å². The van der Waals surface area contributed by atoms with Gasteiger partial charge in [0.2, 0.25) is 0 Å². The van der Waals surface area contributed by atoms with Crippen molar-refractivity contribution in [1.29, 1.82) is 0 Å². The summed E-state index contributed by atoms with van der Waals surface area (Å²) in [6.07, 6.45) is 4.17. The van der Waals surface area contributed by atoms with Crippen molar-refractivity contribution in [2.45, 2.75) is 32.2 Å². The molecule has 2 aromatic carbocycles. The molecule has 1 fully saturated rings. The summed E-state index contributed by atoms with van der Waals surface area (Å²) in [5.41, 5.74) is 3.66. The highest BCUT2D eigenvalue weighted by molar-refractivity contribution is 5.99. The van der Waals surface area contributed by atoms with Crippen molar-refractivity contribution in [1.82, 2.24) is 9.97 Å². The predicted octanol–water partition coefficient (Wildman–Crippen LogP) is 4.92. The van der Waals surface area contributed by atoms with Gasteiger partial charge in [0.05, 0.1) is 0 Å². The lowest BCUT2D eigenvalue weighted by Crippen LogP contribution is -2.19. The second-order valence-electron chi connectivity index (χ2n) is 7.08. The molecule has 142 valence electrons. The predicted molar refractivity (Wildman–Crippen MR) is 112 cm³/mol. The Morgan fingerprint density at radius 2 is 1.79 bits per heavy atom. The number of urea groups is 1. The van der Waals surface area contributed by atoms with Crippen molar-refractivity contribution in [3.63, 3.8) is 0 Å². The molecule has 0 saturated heterocycles. The summed E-state index contributed by atoms with van der Waals surface area (Å²) in [4.78, 5) is 21.1. The molecule has 1 aliphatic rings. The number of anilines is 3. The summed E-state index contributed by atoms with van der Waals surface area (Å²) in [5, 5.41) is 9.06. The van der Waals surface area contributed by atoms with Crippen LogP contribution in [0.1, 0.15) is 35.7 Å². The van der Waals surface area contributed by atoms with Crippen molar-refractivity contribution in [2.24, 2.45) is 0 Å². The molecule has 1 aliphatic carbocycles. The molecular weight excluding hydrogens is 350 g/mol. The van der Waals surface area contributed by atoms with Gasteiger partial charge in [-0.05, 0) is 61.2 Å². The van der Waals surface area contributed by atoms with E-state index in [0.29, 0.717) is 12.5 Å². The number of aryl methyl sites for hydroxylation is 1. The minimum atomic E-state index is -0.263. The van der Waals surface area contributed by atoms with Gasteiger partial charge in [-0.15, -0.1) is 0 Å². The zero-order valence-electron chi connectivity index (χ0n) is 15.8. The molecule has 0 bridgehead atoms. The SMILES string of the molecule is Cc1cccc(NC(=O)Nc2cccc(CNc3ccnc(C4CC4)n3)c2)c1. The number of amides is 2. The zero-order chi connectivity index (χ0) is 19.3. The number of benzene rings is 2. The van der Waals surface area contributed by atoms with Crippen LogP contribution in [0.3, 0.4) is 0 Å². The molecule has 0 atom stereocenters. The number of rotatable bonds is 6. The van der Waals surface area contributed by atoms with Gasteiger partial charge in [-0.1, -0.05) is 24.3 Å². The Bertz CT molecular complexity index is 984. The smallest absolute Gasteiger partial charge is 0.323 e. The van der Waals surface area contributed by atoms with E-state index in [2.05, 4.69) is 25.9 Å². The number of nitrogens with one attached hydrogen (secondary N) is 3. The van der Waals surface area contributed by atoms with E-state index in [1.807, 2.05) is 61.5 Å². The van der Waals surface area contributed by atoms with Crippen LogP contribution in [0.15, 0.2) is 60.8 Å². The molecule has 0 spiro atoms. The second-order valence-corrected chi connectivity index (χ2v) is 7.08. The molecule has 3 N–H and O–H groups in total. The van der Waals surface area contributed by atoms with Crippen LogP contribution in [-0.2, 0) is 6.54 Å². The molecule has 1 heterocycles. The Morgan fingerprint density at radius 3 is 2.54 bits per heavy atom. The highest BCUT2D eigenvalue weighted by Crippen LogP contribution is 2.38. The third-order valence-corrected chi connectivity index (χ3v) is 4.55. The quantitative estimate of drug-likeness (QED) is 0.573. The first-order valence-corrected chi connectivity index (χ1v) is 9.46. The number of carbonyl (C=O) groups excluding carboxylic acids is 1. The maximum Gasteiger partial charge on any atom is 0.323 e. The first kappa shape index (κ1) is 18.0. The van der Waals surface area contributed by atoms with Crippen LogP contribution in [0.5, 0.6) is 0 Å². The van der Waals surface area contributed by atoms with Gasteiger partial charge in [0.1, 0.15) is 11.6 Å². The number of nitrogens with zero attached hydrogens (tertiary/aromatic N) is 2. The Morgan fingerprint density at radius 1 is 1.04 bits per heavy atom. The van der Waals surface area contributed by atoms with E-state index >= 15 is 0 Å². The fraction of sp³-hybridized carbons (Fsp3) is 0.227. The van der Waals surface area contributed by atoms with Crippen molar-refractivity contribution in [2.75, 3.05) is 16.0 Å². The lowest BCUT2D eigenvalue weighted by atomic mass is 10.2. The lowest BCUT2D eigenvalue weighted by Gasteiger charge is -2.10. The molecule has 28 heavy (non-hydrogen) atoms. The first-order valence-electron chi connectivity index (χ1n) is 9.46. The van der Waals surface area contributed by atoms with Crippen molar-refractivity contribution < 1.29 is 4.79 Å². The second kappa shape index (κ2) is 8.08. The Hall–Kier alpha value is -3.41. The maximum atomic E-state index is 12.2. The van der Waals surface area contributed by atoms with E-state index in [-0.39, 0.29) is 6.03 Å². The van der Waals surface area contributed by atoms with Crippen LogP contribution in [0.2, 0.25) is 0 Å². The molecule has 0 unspecified atom stereocenters. The summed E-state index contributed by atoms with van der Waals surface area (Å²) in [7, 11) is 0. The molecule has 3 aromatic rings. The van der Waals surface area contributed by atoms with Crippen LogP contribution in [-0.4, -0.2) is 16.0 Å². The average molecular weight is 373 g/mol. The van der Waals surface area contributed by atoms with Crippen LogP contribution < -0.4 is 16.0 Å². The Kier molecular flexibility index (Phi) is 5.19. The van der Waals surface area contributed by atoms with Gasteiger partial charge >= 0.3 is 6.03 Å². The van der Waals surface area contributed by atoms with Gasteiger partial charge in [0.15, 0.2) is 0 Å². The summed E-state index contributed by atoms with van der Waals surface area (Å²) in [5.74, 6) is 2.28. The van der Waals surface area contributed by atoms with Gasteiger partial charge in [-0.25, -0.2) is 14.8 Å². The highest BCUT2D eigenvalue weighted by Gasteiger charge is 2.26. The molecule has 1 aromatic heterocycles. The average Bonchev–Trinajstić information content (AvgIpc) is 3.52. The van der Waals surface area contributed by atoms with Gasteiger partial charge in [0.25, 0.3) is 0 Å². The summed E-state index contributed by atoms with van der Waals surface area (Å²) < 4.78 is 0. The van der Waals surface area contributed by atoms with Gasteiger partial charge in [-0.3, -0.25) is 0 Å². The van der Waals surface area contributed by atoms with Crippen LogP contribution in [0.25, 0.3) is 0 Å². The normalized spacial score (nSPS) is 13.0. The first-order chi connectivity index (χ1) is 13.7. The monoisotopic (exact) mass is 373 g/mol. The van der Waals surface area contributed by atoms with E-state index in [9.17, 15) is 4.79 Å². The summed E-state index contributed by atoms with van der Waals surface area (Å²) >= 11 is 0. The molecule has 6 nitrogen and oxygen atoms in total. The Labute approximate surface area is 164 Å². The highest BCUT2D eigenvalue weighted by atomic mass is 16.2. The van der Waals surface area contributed by atoms with E-state index < -0.39 is 0 Å². The molecule has 4 rings (SSSR count). The number of hydrogen-bond acceptors (Lipinski definition) is 4. The van der Waals surface area contributed by atoms with Crippen molar-refractivity contribution in [3.8, 4) is 0 Å². The van der Waals surface area contributed by atoms with Gasteiger partial charge in [-0.2, -0.15) is 0 Å². The van der Waals surface area contributed by atoms with E-state index in [1.165, 1.54) is 12.8 Å². The fourth-order valence-electron chi connectivity index (χ4n) is 2.98. The minimum absolute atomic E-state index is 0.263. The minimum Gasteiger partial charge on any atom is -0.366 e. The maximum absolute atomic E-state index is 12.2. The standard InChI is InChI=1S/C22H23N5O/c1-15-4-2-6-18(12-15)25-22(28)26-19-7-3-5-16(13-19)14-24-20-10-11-23-21(27-20)17-8-9-17/h2-7,10-13,17H,8-9,14H2,1H3,(H,23,24,27)(H2,25,26,28). The largest absolute Gasteiger partial charge is 0.366 e. The molecule has 2 amide bonds. The number of aromatic nitrogens is 2. The number of carbonyl (C=O) groups is 1. The molecule has 0 radical (unpaired) electrons. The van der Waals surface area contributed by atoms with Crippen LogP contribution in [0, 0.1) is 6.92 Å². The van der Waals surface area contributed by atoms with E-state index in [0.717, 1.165) is 34.1 Å². The van der Waals surface area contributed by atoms with Gasteiger partial charge in [0, 0.05) is 30.0 Å².